The number of hydrogen-bond acceptors (Lipinski definition) is 3. The summed E-state index contributed by atoms with van der Waals surface area (Å²) in [5, 5.41) is 0. The molecule has 76 valence electrons. The van der Waals surface area contributed by atoms with Gasteiger partial charge in [0.25, 0.3) is 0 Å². The van der Waals surface area contributed by atoms with E-state index in [0.29, 0.717) is 11.1 Å². The molecule has 3 nitrogen and oxygen atoms in total. The minimum Gasteiger partial charge on any atom is -0.336 e. The number of aromatic nitrogens is 1. The van der Waals surface area contributed by atoms with Crippen LogP contribution < -0.4 is 4.84 Å². The minimum atomic E-state index is -0.242. The molecule has 0 N–H and O–H groups in total. The summed E-state index contributed by atoms with van der Waals surface area (Å²) in [5.41, 5.74) is 0. The number of rotatable bonds is 4. The zero-order valence-electron chi connectivity index (χ0n) is 8.10. The second-order valence-corrected chi connectivity index (χ2v) is 3.35. The van der Waals surface area contributed by atoms with Gasteiger partial charge in [0.1, 0.15) is 4.64 Å². The van der Waals surface area contributed by atoms with Gasteiger partial charge in [0.2, 0.25) is 0 Å². The van der Waals surface area contributed by atoms with Crippen LogP contribution in [0.3, 0.4) is 0 Å². The number of nitrogens with zero attached hydrogens (tertiary/aromatic N) is 1. The first kappa shape index (κ1) is 10.9. The number of carbonyl (C=O) groups excluding carboxylic acids is 1. The fourth-order valence-electron chi connectivity index (χ4n) is 0.965. The van der Waals surface area contributed by atoms with Crippen LogP contribution in [0, 0.1) is 4.64 Å². The molecule has 0 aliphatic heterocycles. The Hall–Kier alpha value is -1.16. The average molecular weight is 211 g/mol. The Morgan fingerprint density at radius 3 is 3.00 bits per heavy atom. The quantitative estimate of drug-likeness (QED) is 0.716. The van der Waals surface area contributed by atoms with Gasteiger partial charge in [-0.1, -0.05) is 31.6 Å². The highest BCUT2D eigenvalue weighted by Gasteiger charge is 2.02. The predicted molar refractivity (Wildman–Crippen MR) is 56.4 cm³/mol. The second-order valence-electron chi connectivity index (χ2n) is 2.93. The lowest BCUT2D eigenvalue weighted by molar-refractivity contribution is -0.144. The molecule has 1 heterocycles. The van der Waals surface area contributed by atoms with Gasteiger partial charge in [-0.15, -0.1) is 0 Å². The van der Waals surface area contributed by atoms with Gasteiger partial charge in [0, 0.05) is 12.6 Å². The Morgan fingerprint density at radius 2 is 2.36 bits per heavy atom. The predicted octanol–water partition coefficient (Wildman–Crippen LogP) is 2.36. The van der Waals surface area contributed by atoms with Crippen LogP contribution in [0.5, 0.6) is 0 Å². The van der Waals surface area contributed by atoms with Crippen molar-refractivity contribution in [1.29, 1.82) is 0 Å². The van der Waals surface area contributed by atoms with E-state index in [2.05, 4.69) is 0 Å². The summed E-state index contributed by atoms with van der Waals surface area (Å²) < 4.78 is 1.81. The lowest BCUT2D eigenvalue weighted by Gasteiger charge is -2.05. The van der Waals surface area contributed by atoms with Gasteiger partial charge in [0.05, 0.1) is 0 Å². The minimum absolute atomic E-state index is 0.242. The van der Waals surface area contributed by atoms with Crippen molar-refractivity contribution in [3.05, 3.63) is 29.0 Å². The molecule has 0 radical (unpaired) electrons. The van der Waals surface area contributed by atoms with Crippen LogP contribution in [-0.4, -0.2) is 10.7 Å². The first-order chi connectivity index (χ1) is 6.74. The fraction of sp³-hybridized carbons (Fsp3) is 0.400. The van der Waals surface area contributed by atoms with Crippen LogP contribution in [0.1, 0.15) is 26.2 Å². The maximum absolute atomic E-state index is 11.2. The van der Waals surface area contributed by atoms with Crippen molar-refractivity contribution in [3.8, 4) is 0 Å². The summed E-state index contributed by atoms with van der Waals surface area (Å²) in [7, 11) is 0. The van der Waals surface area contributed by atoms with Crippen LogP contribution >= 0.6 is 12.2 Å². The second kappa shape index (κ2) is 5.54. The molecule has 0 aromatic carbocycles. The van der Waals surface area contributed by atoms with Gasteiger partial charge in [-0.3, -0.25) is 0 Å². The molecule has 0 saturated carbocycles. The van der Waals surface area contributed by atoms with E-state index >= 15 is 0 Å². The van der Waals surface area contributed by atoms with E-state index in [-0.39, 0.29) is 5.97 Å². The van der Waals surface area contributed by atoms with Gasteiger partial charge >= 0.3 is 5.97 Å². The van der Waals surface area contributed by atoms with Crippen LogP contribution in [0.4, 0.5) is 0 Å². The smallest absolute Gasteiger partial charge is 0.332 e. The van der Waals surface area contributed by atoms with E-state index in [1.165, 1.54) is 4.73 Å². The highest BCUT2D eigenvalue weighted by molar-refractivity contribution is 7.71. The SMILES string of the molecule is CCCCC(=O)On1ccccc1=S. The molecule has 1 rings (SSSR count). The lowest BCUT2D eigenvalue weighted by atomic mass is 10.3. The van der Waals surface area contributed by atoms with E-state index in [1.54, 1.807) is 24.4 Å². The summed E-state index contributed by atoms with van der Waals surface area (Å²) in [6, 6.07) is 5.28. The standard InChI is InChI=1S/C10H13NO2S/c1-2-3-7-10(12)13-11-8-5-4-6-9(11)14/h4-6,8H,2-3,7H2,1H3. The molecule has 14 heavy (non-hydrogen) atoms. The maximum atomic E-state index is 11.2. The van der Waals surface area contributed by atoms with E-state index < -0.39 is 0 Å². The maximum Gasteiger partial charge on any atom is 0.332 e. The largest absolute Gasteiger partial charge is 0.336 e. The third kappa shape index (κ3) is 3.30. The Balaban J connectivity index is 2.56. The van der Waals surface area contributed by atoms with E-state index in [1.807, 2.05) is 6.92 Å². The first-order valence-electron chi connectivity index (χ1n) is 4.63. The monoisotopic (exact) mass is 211 g/mol. The number of unbranched alkanes of at least 4 members (excludes halogenated alkanes) is 1. The molecule has 0 atom stereocenters. The van der Waals surface area contributed by atoms with Gasteiger partial charge < -0.3 is 4.84 Å². The van der Waals surface area contributed by atoms with Crippen molar-refractivity contribution in [2.45, 2.75) is 26.2 Å². The molecular weight excluding hydrogens is 198 g/mol. The van der Waals surface area contributed by atoms with E-state index in [9.17, 15) is 4.79 Å². The van der Waals surface area contributed by atoms with Crippen molar-refractivity contribution in [1.82, 2.24) is 4.73 Å². The molecule has 0 aliphatic rings. The first-order valence-corrected chi connectivity index (χ1v) is 5.03. The summed E-state index contributed by atoms with van der Waals surface area (Å²) in [5.74, 6) is -0.242. The third-order valence-electron chi connectivity index (χ3n) is 1.72. The molecule has 0 spiro atoms. The summed E-state index contributed by atoms with van der Waals surface area (Å²) in [6.45, 7) is 2.03. The molecule has 0 amide bonds. The van der Waals surface area contributed by atoms with Crippen LogP contribution in [0.2, 0.25) is 0 Å². The number of pyridine rings is 1. The Labute approximate surface area is 88.3 Å². The molecule has 0 bridgehead atoms. The van der Waals surface area contributed by atoms with Crippen molar-refractivity contribution in [2.24, 2.45) is 0 Å². The number of hydrogen-bond donors (Lipinski definition) is 0. The summed E-state index contributed by atoms with van der Waals surface area (Å²) >= 11 is 4.97. The molecule has 0 unspecified atom stereocenters. The van der Waals surface area contributed by atoms with Gasteiger partial charge in [-0.25, -0.2) is 4.79 Å². The normalized spacial score (nSPS) is 9.79. The zero-order valence-corrected chi connectivity index (χ0v) is 8.92. The molecule has 0 fully saturated rings. The topological polar surface area (TPSA) is 31.2 Å². The molecule has 1 aromatic rings. The molecular formula is C10H13NO2S. The van der Waals surface area contributed by atoms with Crippen LogP contribution in [-0.2, 0) is 4.79 Å². The van der Waals surface area contributed by atoms with Crippen LogP contribution in [0.15, 0.2) is 24.4 Å². The van der Waals surface area contributed by atoms with Crippen molar-refractivity contribution in [2.75, 3.05) is 0 Å². The van der Waals surface area contributed by atoms with Crippen molar-refractivity contribution >= 4 is 18.2 Å². The van der Waals surface area contributed by atoms with Crippen molar-refractivity contribution < 1.29 is 9.63 Å². The number of carbonyl (C=O) groups is 1. The van der Waals surface area contributed by atoms with E-state index in [4.69, 9.17) is 17.1 Å². The molecule has 1 aromatic heterocycles. The van der Waals surface area contributed by atoms with Gasteiger partial charge in [0.15, 0.2) is 0 Å². The molecule has 0 aliphatic carbocycles. The summed E-state index contributed by atoms with van der Waals surface area (Å²) in [4.78, 5) is 16.3. The Kier molecular flexibility index (Phi) is 4.32. The highest BCUT2D eigenvalue weighted by Crippen LogP contribution is 1.96. The Morgan fingerprint density at radius 1 is 1.57 bits per heavy atom. The van der Waals surface area contributed by atoms with E-state index in [0.717, 1.165) is 12.8 Å². The lowest BCUT2D eigenvalue weighted by Crippen LogP contribution is -2.19. The summed E-state index contributed by atoms with van der Waals surface area (Å²) in [6.07, 6.45) is 3.90. The average Bonchev–Trinajstić information content (AvgIpc) is 2.18. The molecule has 4 heteroatoms. The third-order valence-corrected chi connectivity index (χ3v) is 2.04. The van der Waals surface area contributed by atoms with Crippen LogP contribution in [0.25, 0.3) is 0 Å². The van der Waals surface area contributed by atoms with Crippen molar-refractivity contribution in [3.63, 3.8) is 0 Å². The highest BCUT2D eigenvalue weighted by atomic mass is 32.1. The Bertz CT molecular complexity index is 359. The van der Waals surface area contributed by atoms with Gasteiger partial charge in [-0.2, -0.15) is 4.73 Å². The van der Waals surface area contributed by atoms with Gasteiger partial charge in [-0.05, 0) is 18.6 Å². The fourth-order valence-corrected chi connectivity index (χ4v) is 1.14. The molecule has 0 saturated heterocycles. The zero-order chi connectivity index (χ0) is 10.4.